The van der Waals surface area contributed by atoms with E-state index in [4.69, 9.17) is 9.47 Å². The Balaban J connectivity index is 2.08. The molecule has 6 heteroatoms. The number of hydrogen-bond donors (Lipinski definition) is 0. The standard InChI is InChI=1S/C13H22N2O4/c1-13(2,18-4)12(17)15-6-5-10-9(7-15)14(3)11(16)8-19-10/h9-10H,5-8H2,1-4H3/t9-,10+/m0/s1. The van der Waals surface area contributed by atoms with Gasteiger partial charge in [-0.25, -0.2) is 0 Å². The van der Waals surface area contributed by atoms with Gasteiger partial charge in [-0.05, 0) is 20.3 Å². The number of piperidine rings is 1. The molecule has 108 valence electrons. The fourth-order valence-corrected chi connectivity index (χ4v) is 2.59. The minimum absolute atomic E-state index is 0.0263. The van der Waals surface area contributed by atoms with Crippen molar-refractivity contribution in [3.8, 4) is 0 Å². The zero-order chi connectivity index (χ0) is 14.2. The molecule has 2 atom stereocenters. The fourth-order valence-electron chi connectivity index (χ4n) is 2.59. The van der Waals surface area contributed by atoms with E-state index in [0.29, 0.717) is 13.1 Å². The van der Waals surface area contributed by atoms with Crippen LogP contribution in [0.4, 0.5) is 0 Å². The Kier molecular flexibility index (Phi) is 3.82. The van der Waals surface area contributed by atoms with Crippen molar-refractivity contribution in [2.24, 2.45) is 0 Å². The van der Waals surface area contributed by atoms with Crippen LogP contribution in [-0.2, 0) is 19.1 Å². The second-order valence-electron chi connectivity index (χ2n) is 5.68. The molecule has 19 heavy (non-hydrogen) atoms. The van der Waals surface area contributed by atoms with Gasteiger partial charge < -0.3 is 19.3 Å². The van der Waals surface area contributed by atoms with E-state index in [-0.39, 0.29) is 30.6 Å². The molecule has 0 aliphatic carbocycles. The zero-order valence-electron chi connectivity index (χ0n) is 12.0. The number of rotatable bonds is 2. The molecule has 0 radical (unpaired) electrons. The van der Waals surface area contributed by atoms with Crippen LogP contribution >= 0.6 is 0 Å². The van der Waals surface area contributed by atoms with Gasteiger partial charge in [0.1, 0.15) is 12.2 Å². The third-order valence-corrected chi connectivity index (χ3v) is 4.14. The number of hydrogen-bond acceptors (Lipinski definition) is 4. The van der Waals surface area contributed by atoms with Crippen molar-refractivity contribution in [3.63, 3.8) is 0 Å². The van der Waals surface area contributed by atoms with Gasteiger partial charge in [0.05, 0.1) is 12.1 Å². The molecule has 0 spiro atoms. The third-order valence-electron chi connectivity index (χ3n) is 4.14. The van der Waals surface area contributed by atoms with Crippen molar-refractivity contribution in [1.82, 2.24) is 9.80 Å². The van der Waals surface area contributed by atoms with Gasteiger partial charge in [-0.15, -0.1) is 0 Å². The molecular weight excluding hydrogens is 248 g/mol. The van der Waals surface area contributed by atoms with Crippen LogP contribution in [0.15, 0.2) is 0 Å². The Hall–Kier alpha value is -1.14. The summed E-state index contributed by atoms with van der Waals surface area (Å²) in [5.74, 6) is -0.0681. The number of likely N-dealkylation sites (N-methyl/N-ethyl adjacent to an activating group) is 1. The minimum atomic E-state index is -0.828. The van der Waals surface area contributed by atoms with Crippen LogP contribution in [0.3, 0.4) is 0 Å². The molecule has 0 N–H and O–H groups in total. The predicted octanol–water partition coefficient (Wildman–Crippen LogP) is -0.130. The molecular formula is C13H22N2O4. The Morgan fingerprint density at radius 3 is 2.79 bits per heavy atom. The average molecular weight is 270 g/mol. The number of methoxy groups -OCH3 is 1. The molecule has 2 saturated heterocycles. The molecule has 0 saturated carbocycles. The SMILES string of the molecule is COC(C)(C)C(=O)N1CC[C@H]2OCC(=O)N(C)[C@H]2C1. The molecule has 2 aliphatic heterocycles. The number of carbonyl (C=O) groups is 2. The first-order chi connectivity index (χ1) is 8.86. The number of carbonyl (C=O) groups excluding carboxylic acids is 2. The summed E-state index contributed by atoms with van der Waals surface area (Å²) in [6.07, 6.45) is 0.797. The molecule has 2 amide bonds. The van der Waals surface area contributed by atoms with E-state index in [1.807, 2.05) is 0 Å². The topological polar surface area (TPSA) is 59.1 Å². The summed E-state index contributed by atoms with van der Waals surface area (Å²) < 4.78 is 10.8. The van der Waals surface area contributed by atoms with Crippen LogP contribution in [0, 0.1) is 0 Å². The fraction of sp³-hybridized carbons (Fsp3) is 0.846. The maximum atomic E-state index is 12.4. The highest BCUT2D eigenvalue weighted by Gasteiger charge is 2.42. The number of ether oxygens (including phenoxy) is 2. The van der Waals surface area contributed by atoms with Crippen molar-refractivity contribution in [2.75, 3.05) is 33.9 Å². The lowest BCUT2D eigenvalue weighted by atomic mass is 9.97. The Morgan fingerprint density at radius 2 is 2.16 bits per heavy atom. The van der Waals surface area contributed by atoms with Crippen LogP contribution in [0.2, 0.25) is 0 Å². The highest BCUT2D eigenvalue weighted by Crippen LogP contribution is 2.24. The van der Waals surface area contributed by atoms with Gasteiger partial charge in [0.15, 0.2) is 0 Å². The van der Waals surface area contributed by atoms with Gasteiger partial charge in [0.2, 0.25) is 5.91 Å². The maximum absolute atomic E-state index is 12.4. The largest absolute Gasteiger partial charge is 0.369 e. The zero-order valence-corrected chi connectivity index (χ0v) is 12.0. The Labute approximate surface area is 113 Å². The number of morpholine rings is 1. The second kappa shape index (κ2) is 5.09. The van der Waals surface area contributed by atoms with Crippen LogP contribution < -0.4 is 0 Å². The van der Waals surface area contributed by atoms with E-state index in [0.717, 1.165) is 6.42 Å². The van der Waals surface area contributed by atoms with E-state index < -0.39 is 5.60 Å². The first-order valence-electron chi connectivity index (χ1n) is 6.58. The normalized spacial score (nSPS) is 28.3. The molecule has 2 aliphatic rings. The van der Waals surface area contributed by atoms with Gasteiger partial charge in [0.25, 0.3) is 5.91 Å². The molecule has 2 fully saturated rings. The lowest BCUT2D eigenvalue weighted by Crippen LogP contribution is -2.63. The monoisotopic (exact) mass is 270 g/mol. The molecule has 0 aromatic rings. The molecule has 0 unspecified atom stereocenters. The lowest BCUT2D eigenvalue weighted by molar-refractivity contribution is -0.169. The van der Waals surface area contributed by atoms with Gasteiger partial charge in [-0.1, -0.05) is 0 Å². The van der Waals surface area contributed by atoms with Crippen molar-refractivity contribution in [3.05, 3.63) is 0 Å². The van der Waals surface area contributed by atoms with Gasteiger partial charge in [-0.2, -0.15) is 0 Å². The Bertz CT molecular complexity index is 383. The molecule has 2 rings (SSSR count). The molecule has 0 aromatic carbocycles. The molecule has 0 aromatic heterocycles. The number of likely N-dealkylation sites (tertiary alicyclic amines) is 1. The van der Waals surface area contributed by atoms with E-state index in [1.165, 1.54) is 7.11 Å². The first kappa shape index (κ1) is 14.3. The highest BCUT2D eigenvalue weighted by molar-refractivity contribution is 5.85. The predicted molar refractivity (Wildman–Crippen MR) is 68.6 cm³/mol. The van der Waals surface area contributed by atoms with Gasteiger partial charge in [0, 0.05) is 27.2 Å². The average Bonchev–Trinajstić information content (AvgIpc) is 2.42. The molecule has 2 heterocycles. The minimum Gasteiger partial charge on any atom is -0.369 e. The third kappa shape index (κ3) is 2.60. The smallest absolute Gasteiger partial charge is 0.254 e. The number of nitrogens with zero attached hydrogens (tertiary/aromatic N) is 2. The van der Waals surface area contributed by atoms with Crippen molar-refractivity contribution < 1.29 is 19.1 Å². The Morgan fingerprint density at radius 1 is 1.47 bits per heavy atom. The van der Waals surface area contributed by atoms with E-state index in [9.17, 15) is 9.59 Å². The molecule has 0 bridgehead atoms. The van der Waals surface area contributed by atoms with Crippen molar-refractivity contribution in [1.29, 1.82) is 0 Å². The summed E-state index contributed by atoms with van der Waals surface area (Å²) in [7, 11) is 3.31. The van der Waals surface area contributed by atoms with Gasteiger partial charge in [-0.3, -0.25) is 9.59 Å². The van der Waals surface area contributed by atoms with Crippen molar-refractivity contribution >= 4 is 11.8 Å². The summed E-state index contributed by atoms with van der Waals surface area (Å²) in [4.78, 5) is 27.5. The van der Waals surface area contributed by atoms with Crippen LogP contribution in [0.25, 0.3) is 0 Å². The highest BCUT2D eigenvalue weighted by atomic mass is 16.5. The molecule has 6 nitrogen and oxygen atoms in total. The summed E-state index contributed by atoms with van der Waals surface area (Å²) in [6.45, 7) is 4.82. The summed E-state index contributed by atoms with van der Waals surface area (Å²) in [5, 5.41) is 0. The van der Waals surface area contributed by atoms with E-state index in [1.54, 1.807) is 30.7 Å². The van der Waals surface area contributed by atoms with Crippen molar-refractivity contribution in [2.45, 2.75) is 38.0 Å². The number of amides is 2. The first-order valence-corrected chi connectivity index (χ1v) is 6.58. The van der Waals surface area contributed by atoms with Crippen LogP contribution in [0.1, 0.15) is 20.3 Å². The van der Waals surface area contributed by atoms with Crippen LogP contribution in [0.5, 0.6) is 0 Å². The van der Waals surface area contributed by atoms with E-state index >= 15 is 0 Å². The maximum Gasteiger partial charge on any atom is 0.254 e. The quantitative estimate of drug-likeness (QED) is 0.701. The van der Waals surface area contributed by atoms with E-state index in [2.05, 4.69) is 0 Å². The summed E-state index contributed by atoms with van der Waals surface area (Å²) in [6, 6.07) is -0.0494. The summed E-state index contributed by atoms with van der Waals surface area (Å²) in [5.41, 5.74) is -0.828. The summed E-state index contributed by atoms with van der Waals surface area (Å²) >= 11 is 0. The lowest BCUT2D eigenvalue weighted by Gasteiger charge is -2.46. The second-order valence-corrected chi connectivity index (χ2v) is 5.68. The number of fused-ring (bicyclic) bond motifs is 1. The van der Waals surface area contributed by atoms with Gasteiger partial charge >= 0.3 is 0 Å². The van der Waals surface area contributed by atoms with Crippen LogP contribution in [-0.4, -0.2) is 73.2 Å².